The fourth-order valence-corrected chi connectivity index (χ4v) is 1.40. The number of esters is 1. The number of carbonyl (C=O) groups excluding carboxylic acids is 1. The van der Waals surface area contributed by atoms with Crippen LogP contribution in [0.1, 0.15) is 12.5 Å². The molecule has 16 heavy (non-hydrogen) atoms. The minimum Gasteiger partial charge on any atom is -0.495 e. The molecule has 1 aromatic rings. The number of ether oxygens (including phenoxy) is 2. The molecule has 0 heterocycles. The second kappa shape index (κ2) is 5.39. The Kier molecular flexibility index (Phi) is 4.17. The Bertz CT molecular complexity index is 377. The molecule has 1 N–H and O–H groups in total. The average Bonchev–Trinajstić information content (AvgIpc) is 2.28. The van der Waals surface area contributed by atoms with Gasteiger partial charge >= 0.3 is 5.97 Å². The smallest absolute Gasteiger partial charge is 0.327 e. The number of methoxy groups -OCH3 is 2. The molecule has 0 radical (unpaired) electrons. The van der Waals surface area contributed by atoms with Crippen molar-refractivity contribution in [3.8, 4) is 5.75 Å². The molecule has 4 nitrogen and oxygen atoms in total. The fourth-order valence-electron chi connectivity index (χ4n) is 1.40. The van der Waals surface area contributed by atoms with E-state index in [1.54, 1.807) is 14.0 Å². The Morgan fingerprint density at radius 1 is 1.38 bits per heavy atom. The summed E-state index contributed by atoms with van der Waals surface area (Å²) in [5.41, 5.74) is 1.89. The lowest BCUT2D eigenvalue weighted by Gasteiger charge is -2.16. The molecule has 88 valence electrons. The summed E-state index contributed by atoms with van der Waals surface area (Å²) >= 11 is 0. The largest absolute Gasteiger partial charge is 0.495 e. The Balaban J connectivity index is 2.86. The summed E-state index contributed by atoms with van der Waals surface area (Å²) in [5.74, 6) is 0.407. The minimum atomic E-state index is -0.402. The van der Waals surface area contributed by atoms with E-state index in [2.05, 4.69) is 10.1 Å². The third-order valence-electron chi connectivity index (χ3n) is 2.28. The summed E-state index contributed by atoms with van der Waals surface area (Å²) in [6.45, 7) is 3.72. The molecule has 1 rings (SSSR count). The first-order valence-electron chi connectivity index (χ1n) is 5.07. The Labute approximate surface area is 95.6 Å². The van der Waals surface area contributed by atoms with E-state index in [1.165, 1.54) is 7.11 Å². The van der Waals surface area contributed by atoms with Gasteiger partial charge < -0.3 is 14.8 Å². The van der Waals surface area contributed by atoms with E-state index in [4.69, 9.17) is 4.74 Å². The molecule has 0 saturated heterocycles. The molecule has 0 amide bonds. The Morgan fingerprint density at radius 3 is 2.62 bits per heavy atom. The van der Waals surface area contributed by atoms with Gasteiger partial charge in [-0.3, -0.25) is 0 Å². The van der Waals surface area contributed by atoms with Crippen LogP contribution in [0.3, 0.4) is 0 Å². The SMILES string of the molecule is COC(=O)[C@H](C)Nc1cc(C)ccc1OC. The van der Waals surface area contributed by atoms with Crippen LogP contribution in [0.2, 0.25) is 0 Å². The first-order valence-corrected chi connectivity index (χ1v) is 5.07. The minimum absolute atomic E-state index is 0.302. The monoisotopic (exact) mass is 223 g/mol. The van der Waals surface area contributed by atoms with E-state index in [1.807, 2.05) is 25.1 Å². The van der Waals surface area contributed by atoms with E-state index in [0.29, 0.717) is 5.75 Å². The van der Waals surface area contributed by atoms with Crippen molar-refractivity contribution in [2.24, 2.45) is 0 Å². The second-order valence-corrected chi connectivity index (χ2v) is 3.59. The summed E-state index contributed by atoms with van der Waals surface area (Å²) < 4.78 is 9.85. The molecular formula is C12H17NO3. The van der Waals surface area contributed by atoms with Gasteiger partial charge in [0.2, 0.25) is 0 Å². The number of benzene rings is 1. The van der Waals surface area contributed by atoms with E-state index >= 15 is 0 Å². The van der Waals surface area contributed by atoms with Gasteiger partial charge in [0, 0.05) is 0 Å². The number of hydrogen-bond donors (Lipinski definition) is 1. The van der Waals surface area contributed by atoms with E-state index in [-0.39, 0.29) is 5.97 Å². The van der Waals surface area contributed by atoms with Crippen molar-refractivity contribution in [2.45, 2.75) is 19.9 Å². The van der Waals surface area contributed by atoms with Crippen molar-refractivity contribution < 1.29 is 14.3 Å². The average molecular weight is 223 g/mol. The first-order chi connectivity index (χ1) is 7.58. The maximum atomic E-state index is 11.3. The van der Waals surface area contributed by atoms with E-state index < -0.39 is 6.04 Å². The van der Waals surface area contributed by atoms with Crippen molar-refractivity contribution in [1.29, 1.82) is 0 Å². The number of nitrogens with one attached hydrogen (secondary N) is 1. The Hall–Kier alpha value is -1.71. The van der Waals surface area contributed by atoms with Crippen molar-refractivity contribution in [3.63, 3.8) is 0 Å². The van der Waals surface area contributed by atoms with Gasteiger partial charge in [-0.1, -0.05) is 6.07 Å². The highest BCUT2D eigenvalue weighted by molar-refractivity contribution is 5.79. The summed E-state index contributed by atoms with van der Waals surface area (Å²) in [5, 5.41) is 3.05. The zero-order valence-electron chi connectivity index (χ0n) is 10.0. The molecule has 4 heteroatoms. The maximum Gasteiger partial charge on any atom is 0.327 e. The lowest BCUT2D eigenvalue weighted by molar-refractivity contribution is -0.141. The van der Waals surface area contributed by atoms with Crippen LogP contribution >= 0.6 is 0 Å². The number of hydrogen-bond acceptors (Lipinski definition) is 4. The normalized spacial score (nSPS) is 11.8. The molecule has 1 aromatic carbocycles. The van der Waals surface area contributed by atoms with Gasteiger partial charge in [-0.2, -0.15) is 0 Å². The first kappa shape index (κ1) is 12.4. The van der Waals surface area contributed by atoms with E-state index in [0.717, 1.165) is 11.3 Å². The van der Waals surface area contributed by atoms with Gasteiger partial charge in [-0.15, -0.1) is 0 Å². The van der Waals surface area contributed by atoms with Crippen LogP contribution in [0.15, 0.2) is 18.2 Å². The lowest BCUT2D eigenvalue weighted by atomic mass is 10.2. The quantitative estimate of drug-likeness (QED) is 0.793. The van der Waals surface area contributed by atoms with Crippen LogP contribution in [-0.2, 0) is 9.53 Å². The topological polar surface area (TPSA) is 47.6 Å². The number of carbonyl (C=O) groups is 1. The fraction of sp³-hybridized carbons (Fsp3) is 0.417. The molecule has 1 atom stereocenters. The predicted molar refractivity (Wildman–Crippen MR) is 62.8 cm³/mol. The van der Waals surface area contributed by atoms with Gasteiger partial charge in [0.1, 0.15) is 11.8 Å². The van der Waals surface area contributed by atoms with Gasteiger partial charge in [0.05, 0.1) is 19.9 Å². The summed E-state index contributed by atoms with van der Waals surface area (Å²) in [7, 11) is 2.96. The molecule has 0 aliphatic heterocycles. The zero-order valence-corrected chi connectivity index (χ0v) is 10.0. The molecule has 0 unspecified atom stereocenters. The van der Waals surface area contributed by atoms with Gasteiger partial charge in [-0.25, -0.2) is 4.79 Å². The van der Waals surface area contributed by atoms with Crippen LogP contribution in [-0.4, -0.2) is 26.2 Å². The van der Waals surface area contributed by atoms with Gasteiger partial charge in [-0.05, 0) is 31.5 Å². The molecular weight excluding hydrogens is 206 g/mol. The lowest BCUT2D eigenvalue weighted by Crippen LogP contribution is -2.27. The van der Waals surface area contributed by atoms with Crippen LogP contribution in [0.25, 0.3) is 0 Å². The van der Waals surface area contributed by atoms with Crippen molar-refractivity contribution >= 4 is 11.7 Å². The van der Waals surface area contributed by atoms with Crippen LogP contribution in [0, 0.1) is 6.92 Å². The van der Waals surface area contributed by atoms with E-state index in [9.17, 15) is 4.79 Å². The summed E-state index contributed by atoms with van der Waals surface area (Å²) in [4.78, 5) is 11.3. The van der Waals surface area contributed by atoms with Crippen LogP contribution in [0.5, 0.6) is 5.75 Å². The standard InChI is InChI=1S/C12H17NO3/c1-8-5-6-11(15-3)10(7-8)13-9(2)12(14)16-4/h5-7,9,13H,1-4H3/t9-/m0/s1. The highest BCUT2D eigenvalue weighted by Gasteiger charge is 2.14. The van der Waals surface area contributed by atoms with Gasteiger partial charge in [0.15, 0.2) is 0 Å². The zero-order chi connectivity index (χ0) is 12.1. The summed E-state index contributed by atoms with van der Waals surface area (Å²) in [6, 6.07) is 5.34. The predicted octanol–water partition coefficient (Wildman–Crippen LogP) is 1.98. The highest BCUT2D eigenvalue weighted by atomic mass is 16.5. The molecule has 0 aromatic heterocycles. The third kappa shape index (κ3) is 2.89. The molecule has 0 spiro atoms. The van der Waals surface area contributed by atoms with Crippen molar-refractivity contribution in [1.82, 2.24) is 0 Å². The Morgan fingerprint density at radius 2 is 2.06 bits per heavy atom. The highest BCUT2D eigenvalue weighted by Crippen LogP contribution is 2.25. The number of rotatable bonds is 4. The van der Waals surface area contributed by atoms with Crippen LogP contribution in [0.4, 0.5) is 5.69 Å². The number of aryl methyl sites for hydroxylation is 1. The molecule has 0 aliphatic rings. The van der Waals surface area contributed by atoms with Gasteiger partial charge in [0.25, 0.3) is 0 Å². The van der Waals surface area contributed by atoms with Crippen molar-refractivity contribution in [2.75, 3.05) is 19.5 Å². The molecule has 0 bridgehead atoms. The second-order valence-electron chi connectivity index (χ2n) is 3.59. The maximum absolute atomic E-state index is 11.3. The number of anilines is 1. The van der Waals surface area contributed by atoms with Crippen LogP contribution < -0.4 is 10.1 Å². The van der Waals surface area contributed by atoms with Crippen molar-refractivity contribution in [3.05, 3.63) is 23.8 Å². The molecule has 0 aliphatic carbocycles. The molecule has 0 saturated carbocycles. The summed E-state index contributed by atoms with van der Waals surface area (Å²) in [6.07, 6.45) is 0. The third-order valence-corrected chi connectivity index (χ3v) is 2.28. The molecule has 0 fully saturated rings.